The highest BCUT2D eigenvalue weighted by molar-refractivity contribution is 5.77. The van der Waals surface area contributed by atoms with Crippen molar-refractivity contribution >= 4 is 5.91 Å². The van der Waals surface area contributed by atoms with Gasteiger partial charge in [0.1, 0.15) is 73.2 Å². The van der Waals surface area contributed by atoms with Crippen LogP contribution >= 0.6 is 0 Å². The first-order valence-electron chi connectivity index (χ1n) is 29.2. The zero-order valence-electron chi connectivity index (χ0n) is 46.6. The molecule has 3 heterocycles. The van der Waals surface area contributed by atoms with Crippen LogP contribution in [-0.4, -0.2) is 193 Å². The van der Waals surface area contributed by atoms with Crippen LogP contribution in [0.4, 0.5) is 0 Å². The van der Waals surface area contributed by atoms with Gasteiger partial charge in [0.2, 0.25) is 5.91 Å². The SMILES string of the molecule is CC/C=C\C/C=C\C/C=C\C/C=C\C/C=C\CC(=O)NC(COC1OC(CO)C(OC2OC(CO)C(OC3OC(CO)C(O)C(O)C3O)C(O)C2O)C(O)C1O)C(O)/C=C/CCCCCCCCCCCCCCCCCC. The zero-order valence-corrected chi connectivity index (χ0v) is 46.6. The number of amides is 1. The highest BCUT2D eigenvalue weighted by Gasteiger charge is 2.53. The Balaban J connectivity index is 1.55. The summed E-state index contributed by atoms with van der Waals surface area (Å²) in [5.74, 6) is -0.405. The van der Waals surface area contributed by atoms with Gasteiger partial charge in [-0.25, -0.2) is 0 Å². The molecule has 3 rings (SSSR count). The Morgan fingerprint density at radius 1 is 0.474 bits per heavy atom. The number of allylic oxidation sites excluding steroid dienone is 10. The average molecular weight is 1110 g/mol. The first-order valence-corrected chi connectivity index (χ1v) is 29.2. The summed E-state index contributed by atoms with van der Waals surface area (Å²) in [4.78, 5) is 13.2. The average Bonchev–Trinajstić information content (AvgIpc) is 3.47. The number of hydrogen-bond donors (Lipinski definition) is 12. The van der Waals surface area contributed by atoms with Crippen molar-refractivity contribution in [3.63, 3.8) is 0 Å². The largest absolute Gasteiger partial charge is 0.394 e. The molecule has 0 aliphatic carbocycles. The predicted molar refractivity (Wildman–Crippen MR) is 295 cm³/mol. The highest BCUT2D eigenvalue weighted by atomic mass is 16.8. The van der Waals surface area contributed by atoms with E-state index in [9.17, 15) is 61.0 Å². The topological polar surface area (TPSA) is 307 Å². The maximum atomic E-state index is 13.2. The van der Waals surface area contributed by atoms with Crippen LogP contribution in [-0.2, 0) is 33.2 Å². The maximum absolute atomic E-state index is 13.2. The lowest BCUT2D eigenvalue weighted by Crippen LogP contribution is -2.66. The Hall–Kier alpha value is -2.77. The van der Waals surface area contributed by atoms with E-state index < -0.39 is 137 Å². The van der Waals surface area contributed by atoms with Gasteiger partial charge in [-0.1, -0.05) is 183 Å². The molecule has 17 unspecified atom stereocenters. The minimum absolute atomic E-state index is 0.00801. The van der Waals surface area contributed by atoms with Crippen LogP contribution < -0.4 is 5.32 Å². The molecule has 78 heavy (non-hydrogen) atoms. The number of rotatable bonds is 41. The second-order valence-corrected chi connectivity index (χ2v) is 20.7. The summed E-state index contributed by atoms with van der Waals surface area (Å²) in [6.07, 6.45) is 22.0. The quantitative estimate of drug-likeness (QED) is 0.0293. The van der Waals surface area contributed by atoms with E-state index >= 15 is 0 Å². The second-order valence-electron chi connectivity index (χ2n) is 20.7. The van der Waals surface area contributed by atoms with Gasteiger partial charge in [-0.3, -0.25) is 4.79 Å². The first-order chi connectivity index (χ1) is 37.8. The van der Waals surface area contributed by atoms with Crippen molar-refractivity contribution in [2.24, 2.45) is 0 Å². The van der Waals surface area contributed by atoms with Gasteiger partial charge in [0, 0.05) is 6.42 Å². The fraction of sp³-hybridized carbons (Fsp3) is 0.780. The van der Waals surface area contributed by atoms with Crippen LogP contribution in [0.5, 0.6) is 0 Å². The summed E-state index contributed by atoms with van der Waals surface area (Å²) < 4.78 is 34.1. The summed E-state index contributed by atoms with van der Waals surface area (Å²) in [6.45, 7) is 1.51. The molecule has 1 amide bonds. The summed E-state index contributed by atoms with van der Waals surface area (Å²) in [5, 5.41) is 120. The number of carbonyl (C=O) groups excluding carboxylic acids is 1. The summed E-state index contributed by atoms with van der Waals surface area (Å²) >= 11 is 0. The fourth-order valence-electron chi connectivity index (χ4n) is 9.49. The Labute approximate surface area is 464 Å². The van der Waals surface area contributed by atoms with Crippen molar-refractivity contribution in [1.82, 2.24) is 5.32 Å². The van der Waals surface area contributed by atoms with E-state index in [0.29, 0.717) is 12.8 Å². The molecule has 3 aliphatic heterocycles. The molecule has 3 saturated heterocycles. The van der Waals surface area contributed by atoms with Crippen molar-refractivity contribution in [3.8, 4) is 0 Å². The van der Waals surface area contributed by atoms with Crippen molar-refractivity contribution in [1.29, 1.82) is 0 Å². The van der Waals surface area contributed by atoms with Gasteiger partial charge in [-0.15, -0.1) is 0 Å². The monoisotopic (exact) mass is 1110 g/mol. The molecule has 0 aromatic rings. The molecule has 19 heteroatoms. The van der Waals surface area contributed by atoms with Crippen LogP contribution in [0, 0.1) is 0 Å². The molecule has 0 radical (unpaired) electrons. The third-order valence-electron chi connectivity index (χ3n) is 14.3. The van der Waals surface area contributed by atoms with Crippen LogP contribution in [0.3, 0.4) is 0 Å². The van der Waals surface area contributed by atoms with E-state index in [2.05, 4.69) is 55.6 Å². The van der Waals surface area contributed by atoms with Crippen molar-refractivity contribution in [2.75, 3.05) is 26.4 Å². The van der Waals surface area contributed by atoms with Gasteiger partial charge in [0.25, 0.3) is 0 Å². The van der Waals surface area contributed by atoms with Gasteiger partial charge < -0.3 is 89.9 Å². The maximum Gasteiger partial charge on any atom is 0.224 e. The van der Waals surface area contributed by atoms with Crippen molar-refractivity contribution < 1.29 is 89.4 Å². The van der Waals surface area contributed by atoms with Gasteiger partial charge in [-0.2, -0.15) is 0 Å². The smallest absolute Gasteiger partial charge is 0.224 e. The summed E-state index contributed by atoms with van der Waals surface area (Å²) in [6, 6.07) is -1.03. The molecule has 0 bridgehead atoms. The van der Waals surface area contributed by atoms with Gasteiger partial charge >= 0.3 is 0 Å². The van der Waals surface area contributed by atoms with E-state index in [1.165, 1.54) is 83.5 Å². The van der Waals surface area contributed by atoms with E-state index in [0.717, 1.165) is 44.9 Å². The minimum atomic E-state index is -1.99. The second kappa shape index (κ2) is 42.1. The highest BCUT2D eigenvalue weighted by Crippen LogP contribution is 2.33. The predicted octanol–water partition coefficient (Wildman–Crippen LogP) is 4.65. The molecule has 0 aromatic carbocycles. The van der Waals surface area contributed by atoms with Crippen molar-refractivity contribution in [2.45, 2.75) is 266 Å². The molecule has 450 valence electrons. The number of nitrogens with one attached hydrogen (secondary N) is 1. The van der Waals surface area contributed by atoms with Crippen molar-refractivity contribution in [3.05, 3.63) is 72.9 Å². The van der Waals surface area contributed by atoms with Crippen LogP contribution in [0.1, 0.15) is 162 Å². The molecular weight excluding hydrogens is 1010 g/mol. The Bertz CT molecular complexity index is 1710. The molecule has 0 spiro atoms. The minimum Gasteiger partial charge on any atom is -0.394 e. The molecule has 17 atom stereocenters. The number of aliphatic hydroxyl groups is 11. The number of aliphatic hydroxyl groups excluding tert-OH is 11. The van der Waals surface area contributed by atoms with E-state index in [-0.39, 0.29) is 6.42 Å². The third-order valence-corrected chi connectivity index (χ3v) is 14.3. The number of unbranched alkanes of at least 4 members (excludes halogenated alkanes) is 16. The molecular formula is C59H101NO18. The standard InChI is InChI=1S/C59H101NO18/c1-3-5-7-9-11-13-15-17-19-20-21-23-24-26-28-30-32-34-36-43(64)42(60-47(65)37-35-33-31-29-27-25-22-18-16-14-12-10-8-6-4-2)41-73-57-53(71)50(68)55(45(39-62)75-57)78-59-54(72)51(69)56(46(40-63)76-59)77-58-52(70)49(67)48(66)44(38-61)74-58/h6,8,12,14,18,22,27,29,33-36,42-46,48-59,61-64,66-72H,3-5,7,9-11,13,15-17,19-21,23-26,28,30-32,37-41H2,1-2H3,(H,60,65)/b8-6-,14-12-,22-18-,29-27-,35-33-,36-34+. The molecule has 19 nitrogen and oxygen atoms in total. The zero-order chi connectivity index (χ0) is 56.9. The Morgan fingerprint density at radius 3 is 1.33 bits per heavy atom. The van der Waals surface area contributed by atoms with Crippen LogP contribution in [0.25, 0.3) is 0 Å². The number of ether oxygens (including phenoxy) is 6. The molecule has 3 aliphatic rings. The van der Waals surface area contributed by atoms with Crippen LogP contribution in [0.2, 0.25) is 0 Å². The summed E-state index contributed by atoms with van der Waals surface area (Å²) in [7, 11) is 0. The van der Waals surface area contributed by atoms with E-state index in [4.69, 9.17) is 28.4 Å². The number of carbonyl (C=O) groups is 1. The van der Waals surface area contributed by atoms with Gasteiger partial charge in [-0.05, 0) is 44.9 Å². The fourth-order valence-corrected chi connectivity index (χ4v) is 9.49. The Kier molecular flexibility index (Phi) is 37.5. The molecule has 0 aromatic heterocycles. The van der Waals surface area contributed by atoms with E-state index in [1.54, 1.807) is 12.2 Å². The molecule has 3 fully saturated rings. The third kappa shape index (κ3) is 26.0. The lowest BCUT2D eigenvalue weighted by molar-refractivity contribution is -0.379. The lowest BCUT2D eigenvalue weighted by atomic mass is 9.96. The van der Waals surface area contributed by atoms with Crippen LogP contribution in [0.15, 0.2) is 72.9 Å². The van der Waals surface area contributed by atoms with E-state index in [1.807, 2.05) is 24.3 Å². The molecule has 12 N–H and O–H groups in total. The lowest BCUT2D eigenvalue weighted by Gasteiger charge is -2.48. The van der Waals surface area contributed by atoms with Gasteiger partial charge in [0.15, 0.2) is 18.9 Å². The Morgan fingerprint density at radius 2 is 0.872 bits per heavy atom. The number of hydrogen-bond acceptors (Lipinski definition) is 18. The molecule has 0 saturated carbocycles. The van der Waals surface area contributed by atoms with Gasteiger partial charge in [0.05, 0.1) is 38.6 Å². The first kappa shape index (κ1) is 69.5. The summed E-state index contributed by atoms with van der Waals surface area (Å²) in [5.41, 5.74) is 0. The normalized spacial score (nSPS) is 31.0.